The summed E-state index contributed by atoms with van der Waals surface area (Å²) in [6.07, 6.45) is 1.04. The molecule has 0 aliphatic heterocycles. The molecule has 0 fully saturated rings. The van der Waals surface area contributed by atoms with Crippen LogP contribution >= 0.6 is 11.6 Å². The number of halogens is 1. The van der Waals surface area contributed by atoms with Gasteiger partial charge in [-0.3, -0.25) is 0 Å². The highest BCUT2D eigenvalue weighted by Gasteiger charge is 1.99. The fourth-order valence-electron chi connectivity index (χ4n) is 1.64. The Kier molecular flexibility index (Phi) is 7.33. The minimum atomic E-state index is 0.615. The lowest BCUT2D eigenvalue weighted by Crippen LogP contribution is -2.17. The second-order valence-corrected chi connectivity index (χ2v) is 5.50. The molecule has 0 saturated heterocycles. The molecule has 0 aliphatic carbocycles. The molecule has 102 valence electrons. The van der Waals surface area contributed by atoms with Crippen molar-refractivity contribution in [3.8, 4) is 0 Å². The zero-order valence-electron chi connectivity index (χ0n) is 11.6. The monoisotopic (exact) mass is 269 g/mol. The molecule has 0 aromatic heterocycles. The van der Waals surface area contributed by atoms with Gasteiger partial charge in [0.2, 0.25) is 0 Å². The highest BCUT2D eigenvalue weighted by Crippen LogP contribution is 2.17. The second kappa shape index (κ2) is 8.52. The van der Waals surface area contributed by atoms with E-state index < -0.39 is 0 Å². The van der Waals surface area contributed by atoms with Gasteiger partial charge >= 0.3 is 0 Å². The number of aryl methyl sites for hydroxylation is 1. The van der Waals surface area contributed by atoms with Gasteiger partial charge in [0.25, 0.3) is 0 Å². The molecular formula is C15H24ClNO. The van der Waals surface area contributed by atoms with E-state index in [0.717, 1.165) is 43.3 Å². The summed E-state index contributed by atoms with van der Waals surface area (Å²) in [6.45, 7) is 9.84. The highest BCUT2D eigenvalue weighted by atomic mass is 35.5. The Hall–Kier alpha value is -0.570. The molecule has 1 aromatic carbocycles. The maximum absolute atomic E-state index is 6.16. The Morgan fingerprint density at radius 1 is 1.33 bits per heavy atom. The number of hydrogen-bond donors (Lipinski definition) is 1. The van der Waals surface area contributed by atoms with Crippen LogP contribution < -0.4 is 5.32 Å². The third kappa shape index (κ3) is 6.39. The molecule has 0 aliphatic rings. The van der Waals surface area contributed by atoms with Gasteiger partial charge in [0, 0.05) is 24.8 Å². The van der Waals surface area contributed by atoms with E-state index in [1.807, 2.05) is 6.07 Å². The van der Waals surface area contributed by atoms with E-state index in [1.165, 1.54) is 5.56 Å². The fourth-order valence-corrected chi connectivity index (χ4v) is 1.94. The first-order valence-electron chi connectivity index (χ1n) is 6.63. The van der Waals surface area contributed by atoms with Crippen molar-refractivity contribution in [2.24, 2.45) is 5.92 Å². The zero-order valence-corrected chi connectivity index (χ0v) is 12.4. The smallest absolute Gasteiger partial charge is 0.0489 e. The maximum atomic E-state index is 6.16. The van der Waals surface area contributed by atoms with Crippen molar-refractivity contribution in [3.63, 3.8) is 0 Å². The molecule has 0 radical (unpaired) electrons. The molecule has 0 heterocycles. The second-order valence-electron chi connectivity index (χ2n) is 5.09. The average Bonchev–Trinajstić information content (AvgIpc) is 2.30. The molecule has 0 unspecified atom stereocenters. The van der Waals surface area contributed by atoms with Crippen LogP contribution in [0.2, 0.25) is 5.02 Å². The standard InChI is InChI=1S/C15H24ClNO/c1-12(2)11-18-8-4-7-17-10-14-6-5-13(3)9-15(14)16/h5-6,9,12,17H,4,7-8,10-11H2,1-3H3. The minimum absolute atomic E-state index is 0.615. The van der Waals surface area contributed by atoms with Gasteiger partial charge in [-0.15, -0.1) is 0 Å². The molecule has 0 amide bonds. The van der Waals surface area contributed by atoms with E-state index in [0.29, 0.717) is 5.92 Å². The lowest BCUT2D eigenvalue weighted by Gasteiger charge is -2.09. The SMILES string of the molecule is Cc1ccc(CNCCCOCC(C)C)c(Cl)c1. The predicted octanol–water partition coefficient (Wildman–Crippen LogP) is 3.80. The van der Waals surface area contributed by atoms with Gasteiger partial charge < -0.3 is 10.1 Å². The topological polar surface area (TPSA) is 21.3 Å². The van der Waals surface area contributed by atoms with E-state index in [2.05, 4.69) is 38.2 Å². The molecule has 1 N–H and O–H groups in total. The third-order valence-corrected chi connectivity index (χ3v) is 2.97. The zero-order chi connectivity index (χ0) is 13.4. The first kappa shape index (κ1) is 15.5. The molecule has 0 saturated carbocycles. The minimum Gasteiger partial charge on any atom is -0.381 e. The molecule has 3 heteroatoms. The van der Waals surface area contributed by atoms with Gasteiger partial charge in [0.1, 0.15) is 0 Å². The van der Waals surface area contributed by atoms with Crippen LogP contribution in [0.3, 0.4) is 0 Å². The molecule has 18 heavy (non-hydrogen) atoms. The van der Waals surface area contributed by atoms with Crippen molar-refractivity contribution >= 4 is 11.6 Å². The van der Waals surface area contributed by atoms with Crippen LogP contribution in [-0.4, -0.2) is 19.8 Å². The largest absolute Gasteiger partial charge is 0.381 e. The van der Waals surface area contributed by atoms with E-state index in [-0.39, 0.29) is 0 Å². The van der Waals surface area contributed by atoms with Crippen LogP contribution in [0.25, 0.3) is 0 Å². The van der Waals surface area contributed by atoms with Crippen molar-refractivity contribution in [2.45, 2.75) is 33.7 Å². The Balaban J connectivity index is 2.11. The van der Waals surface area contributed by atoms with Gasteiger partial charge in [0.05, 0.1) is 0 Å². The summed E-state index contributed by atoms with van der Waals surface area (Å²) >= 11 is 6.16. The number of rotatable bonds is 8. The van der Waals surface area contributed by atoms with Crippen molar-refractivity contribution in [2.75, 3.05) is 19.8 Å². The average molecular weight is 270 g/mol. The van der Waals surface area contributed by atoms with Crippen LogP contribution in [0.5, 0.6) is 0 Å². The summed E-state index contributed by atoms with van der Waals surface area (Å²) in [5.74, 6) is 0.615. The van der Waals surface area contributed by atoms with Crippen LogP contribution in [0, 0.1) is 12.8 Å². The van der Waals surface area contributed by atoms with E-state index in [4.69, 9.17) is 16.3 Å². The van der Waals surface area contributed by atoms with Crippen molar-refractivity contribution in [1.82, 2.24) is 5.32 Å². The van der Waals surface area contributed by atoms with Gasteiger partial charge in [-0.25, -0.2) is 0 Å². The Morgan fingerprint density at radius 3 is 2.78 bits per heavy atom. The van der Waals surface area contributed by atoms with Gasteiger partial charge in [-0.1, -0.05) is 37.6 Å². The molecule has 0 atom stereocenters. The number of ether oxygens (including phenoxy) is 1. The molecule has 1 aromatic rings. The summed E-state index contributed by atoms with van der Waals surface area (Å²) in [5.41, 5.74) is 2.36. The van der Waals surface area contributed by atoms with Gasteiger partial charge in [-0.05, 0) is 43.0 Å². The van der Waals surface area contributed by atoms with Crippen LogP contribution in [0.4, 0.5) is 0 Å². The lowest BCUT2D eigenvalue weighted by molar-refractivity contribution is 0.108. The van der Waals surface area contributed by atoms with Gasteiger partial charge in [0.15, 0.2) is 0 Å². The maximum Gasteiger partial charge on any atom is 0.0489 e. The lowest BCUT2D eigenvalue weighted by atomic mass is 10.1. The van der Waals surface area contributed by atoms with Gasteiger partial charge in [-0.2, -0.15) is 0 Å². The predicted molar refractivity (Wildman–Crippen MR) is 78.2 cm³/mol. The first-order valence-corrected chi connectivity index (χ1v) is 7.01. The summed E-state index contributed by atoms with van der Waals surface area (Å²) in [5, 5.41) is 4.23. The normalized spacial score (nSPS) is 11.2. The summed E-state index contributed by atoms with van der Waals surface area (Å²) in [4.78, 5) is 0. The summed E-state index contributed by atoms with van der Waals surface area (Å²) < 4.78 is 5.52. The molecule has 2 nitrogen and oxygen atoms in total. The van der Waals surface area contributed by atoms with E-state index in [9.17, 15) is 0 Å². The van der Waals surface area contributed by atoms with Crippen molar-refractivity contribution in [3.05, 3.63) is 34.3 Å². The Morgan fingerprint density at radius 2 is 2.11 bits per heavy atom. The van der Waals surface area contributed by atoms with Crippen molar-refractivity contribution < 1.29 is 4.74 Å². The molecular weight excluding hydrogens is 246 g/mol. The summed E-state index contributed by atoms with van der Waals surface area (Å²) in [7, 11) is 0. The fraction of sp³-hybridized carbons (Fsp3) is 0.600. The Bertz CT molecular complexity index is 352. The van der Waals surface area contributed by atoms with Crippen LogP contribution in [0.15, 0.2) is 18.2 Å². The number of nitrogens with one attached hydrogen (secondary N) is 1. The number of benzene rings is 1. The summed E-state index contributed by atoms with van der Waals surface area (Å²) in [6, 6.07) is 6.18. The quantitative estimate of drug-likeness (QED) is 0.725. The highest BCUT2D eigenvalue weighted by molar-refractivity contribution is 6.31. The van der Waals surface area contributed by atoms with E-state index in [1.54, 1.807) is 0 Å². The van der Waals surface area contributed by atoms with E-state index >= 15 is 0 Å². The van der Waals surface area contributed by atoms with Crippen LogP contribution in [-0.2, 0) is 11.3 Å². The van der Waals surface area contributed by atoms with Crippen molar-refractivity contribution in [1.29, 1.82) is 0 Å². The number of hydrogen-bond acceptors (Lipinski definition) is 2. The molecule has 0 bridgehead atoms. The first-order chi connectivity index (χ1) is 8.59. The Labute approximate surface area is 116 Å². The molecule has 0 spiro atoms. The van der Waals surface area contributed by atoms with Crippen LogP contribution in [0.1, 0.15) is 31.4 Å². The molecule has 1 rings (SSSR count). The third-order valence-electron chi connectivity index (χ3n) is 2.62.